The monoisotopic (exact) mass is 531 g/mol. The van der Waals surface area contributed by atoms with Gasteiger partial charge >= 0.3 is 0 Å². The van der Waals surface area contributed by atoms with E-state index in [-0.39, 0.29) is 24.7 Å². The predicted octanol–water partition coefficient (Wildman–Crippen LogP) is 4.70. The Morgan fingerprint density at radius 2 is 1.29 bits per heavy atom. The van der Waals surface area contributed by atoms with Crippen molar-refractivity contribution in [3.05, 3.63) is 115 Å². The van der Waals surface area contributed by atoms with E-state index in [1.54, 1.807) is 24.3 Å². The van der Waals surface area contributed by atoms with Gasteiger partial charge < -0.3 is 29.6 Å². The zero-order valence-corrected chi connectivity index (χ0v) is 22.3. The van der Waals surface area contributed by atoms with Gasteiger partial charge in [0.2, 0.25) is 0 Å². The van der Waals surface area contributed by atoms with E-state index in [0.29, 0.717) is 18.0 Å². The third kappa shape index (κ3) is 7.72. The average Bonchev–Trinajstić information content (AvgIpc) is 2.96. The molecule has 0 heterocycles. The molecule has 0 spiro atoms. The lowest BCUT2D eigenvalue weighted by Crippen LogP contribution is -2.37. The highest BCUT2D eigenvalue weighted by atomic mass is 31.2. The summed E-state index contributed by atoms with van der Waals surface area (Å²) < 4.78 is 25.7. The molecule has 4 rings (SSSR count). The summed E-state index contributed by atoms with van der Waals surface area (Å²) in [6.07, 6.45) is 0.202. The van der Waals surface area contributed by atoms with E-state index < -0.39 is 13.2 Å². The van der Waals surface area contributed by atoms with Crippen LogP contribution >= 0.6 is 7.14 Å². The molecule has 0 aliphatic carbocycles. The lowest BCUT2D eigenvalue weighted by atomic mass is 10.1. The SMILES string of the molecule is C[C@@H](Cc1ccc(OCP(=O)(c2ccccc2)c2ccccc2)cc1)NC[C@@H](O)COc1ccc(O)cc1. The van der Waals surface area contributed by atoms with Crippen LogP contribution in [0.3, 0.4) is 0 Å². The standard InChI is InChI=1S/C31H34NO5P/c1-24(32-21-27(34)22-36-28-18-14-26(33)15-19-28)20-25-12-16-29(17-13-25)37-23-38(35,30-8-4-2-5-9-30)31-10-6-3-7-11-31/h2-19,24,27,32-34H,20-23H2,1H3/t24-,27+/m0/s1. The minimum absolute atomic E-state index is 0.0857. The maximum absolute atomic E-state index is 14.1. The molecule has 2 atom stereocenters. The molecule has 0 aromatic heterocycles. The van der Waals surface area contributed by atoms with Gasteiger partial charge in [-0.1, -0.05) is 72.8 Å². The highest BCUT2D eigenvalue weighted by Crippen LogP contribution is 2.43. The van der Waals surface area contributed by atoms with Gasteiger partial charge in [0.1, 0.15) is 36.3 Å². The lowest BCUT2D eigenvalue weighted by molar-refractivity contribution is 0.104. The van der Waals surface area contributed by atoms with Crippen LogP contribution in [0.25, 0.3) is 0 Å². The molecule has 4 aromatic carbocycles. The van der Waals surface area contributed by atoms with Crippen molar-refractivity contribution in [3.8, 4) is 17.2 Å². The Kier molecular flexibility index (Phi) is 9.61. The zero-order chi connectivity index (χ0) is 26.8. The van der Waals surface area contributed by atoms with Crippen molar-refractivity contribution in [2.75, 3.05) is 19.5 Å². The molecule has 0 radical (unpaired) electrons. The van der Waals surface area contributed by atoms with Crippen LogP contribution in [0, 0.1) is 0 Å². The molecule has 0 unspecified atom stereocenters. The van der Waals surface area contributed by atoms with Crippen molar-refractivity contribution < 1.29 is 24.3 Å². The number of aromatic hydroxyl groups is 1. The average molecular weight is 532 g/mol. The number of hydrogen-bond donors (Lipinski definition) is 3. The van der Waals surface area contributed by atoms with Crippen molar-refractivity contribution in [1.82, 2.24) is 5.32 Å². The van der Waals surface area contributed by atoms with Crippen LogP contribution in [0.15, 0.2) is 109 Å². The maximum Gasteiger partial charge on any atom is 0.178 e. The number of ether oxygens (including phenoxy) is 2. The summed E-state index contributed by atoms with van der Waals surface area (Å²) in [5.41, 5.74) is 1.13. The van der Waals surface area contributed by atoms with Crippen LogP contribution in [0.2, 0.25) is 0 Å². The Balaban J connectivity index is 1.27. The Bertz CT molecular complexity index is 1250. The third-order valence-electron chi connectivity index (χ3n) is 6.21. The number of benzene rings is 4. The normalized spacial score (nSPS) is 13.0. The third-order valence-corrected chi connectivity index (χ3v) is 8.96. The lowest BCUT2D eigenvalue weighted by Gasteiger charge is -2.20. The molecule has 6 nitrogen and oxygen atoms in total. The van der Waals surface area contributed by atoms with Crippen molar-refractivity contribution in [3.63, 3.8) is 0 Å². The second kappa shape index (κ2) is 13.3. The number of nitrogens with one attached hydrogen (secondary N) is 1. The Hall–Kier alpha value is -3.57. The second-order valence-electron chi connectivity index (χ2n) is 9.30. The van der Waals surface area contributed by atoms with Gasteiger partial charge in [-0.3, -0.25) is 0 Å². The first-order chi connectivity index (χ1) is 18.4. The van der Waals surface area contributed by atoms with E-state index in [2.05, 4.69) is 12.2 Å². The number of aliphatic hydroxyl groups excluding tert-OH is 1. The van der Waals surface area contributed by atoms with Crippen LogP contribution in [0.1, 0.15) is 12.5 Å². The molecule has 0 fully saturated rings. The van der Waals surface area contributed by atoms with E-state index in [1.807, 2.05) is 84.9 Å². The molecule has 38 heavy (non-hydrogen) atoms. The van der Waals surface area contributed by atoms with Gasteiger partial charge in [0.25, 0.3) is 0 Å². The summed E-state index contributed by atoms with van der Waals surface area (Å²) in [4.78, 5) is 0. The Labute approximate surface area is 224 Å². The van der Waals surface area contributed by atoms with E-state index in [0.717, 1.165) is 22.6 Å². The number of phenolic OH excluding ortho intramolecular Hbond substituents is 1. The van der Waals surface area contributed by atoms with Gasteiger partial charge in [-0.25, -0.2) is 0 Å². The molecule has 0 bridgehead atoms. The Morgan fingerprint density at radius 3 is 1.87 bits per heavy atom. The smallest absolute Gasteiger partial charge is 0.178 e. The van der Waals surface area contributed by atoms with Crippen molar-refractivity contribution in [1.29, 1.82) is 0 Å². The maximum atomic E-state index is 14.1. The summed E-state index contributed by atoms with van der Waals surface area (Å²) >= 11 is 0. The molecule has 198 valence electrons. The summed E-state index contributed by atoms with van der Waals surface area (Å²) in [5, 5.41) is 24.4. The van der Waals surface area contributed by atoms with Crippen LogP contribution in [0.5, 0.6) is 17.2 Å². The Morgan fingerprint density at radius 1 is 0.763 bits per heavy atom. The van der Waals surface area contributed by atoms with Crippen molar-refractivity contribution in [2.24, 2.45) is 0 Å². The van der Waals surface area contributed by atoms with Crippen molar-refractivity contribution in [2.45, 2.75) is 25.5 Å². The van der Waals surface area contributed by atoms with Gasteiger partial charge in [-0.15, -0.1) is 0 Å². The first-order valence-corrected chi connectivity index (χ1v) is 14.6. The second-order valence-corrected chi connectivity index (χ2v) is 12.1. The first kappa shape index (κ1) is 27.5. The van der Waals surface area contributed by atoms with E-state index in [4.69, 9.17) is 9.47 Å². The van der Waals surface area contributed by atoms with Crippen molar-refractivity contribution >= 4 is 17.8 Å². The van der Waals surface area contributed by atoms with Crippen LogP contribution in [0.4, 0.5) is 0 Å². The van der Waals surface area contributed by atoms with E-state index in [1.165, 1.54) is 0 Å². The van der Waals surface area contributed by atoms with E-state index in [9.17, 15) is 14.8 Å². The minimum Gasteiger partial charge on any atom is -0.508 e. The van der Waals surface area contributed by atoms with Crippen LogP contribution in [-0.2, 0) is 11.0 Å². The first-order valence-electron chi connectivity index (χ1n) is 12.7. The van der Waals surface area contributed by atoms with Crippen LogP contribution < -0.4 is 25.4 Å². The fraction of sp³-hybridized carbons (Fsp3) is 0.226. The summed E-state index contributed by atoms with van der Waals surface area (Å²) in [6.45, 7) is 2.62. The minimum atomic E-state index is -2.95. The van der Waals surface area contributed by atoms with Gasteiger partial charge in [0.15, 0.2) is 7.14 Å². The molecule has 3 N–H and O–H groups in total. The molecular formula is C31H34NO5P. The molecule has 4 aromatic rings. The largest absolute Gasteiger partial charge is 0.508 e. The number of hydrogen-bond acceptors (Lipinski definition) is 6. The number of phenols is 1. The number of aliphatic hydroxyl groups is 1. The van der Waals surface area contributed by atoms with Gasteiger partial charge in [0, 0.05) is 23.2 Å². The highest BCUT2D eigenvalue weighted by molar-refractivity contribution is 7.78. The molecule has 0 aliphatic heterocycles. The number of rotatable bonds is 13. The fourth-order valence-electron chi connectivity index (χ4n) is 4.08. The summed E-state index contributed by atoms with van der Waals surface area (Å²) in [5.74, 6) is 1.44. The van der Waals surface area contributed by atoms with E-state index >= 15 is 0 Å². The zero-order valence-electron chi connectivity index (χ0n) is 21.4. The van der Waals surface area contributed by atoms with Crippen LogP contribution in [-0.4, -0.2) is 41.9 Å². The summed E-state index contributed by atoms with van der Waals surface area (Å²) in [7, 11) is -2.95. The fourth-order valence-corrected chi connectivity index (χ4v) is 6.31. The topological polar surface area (TPSA) is 88.0 Å². The van der Waals surface area contributed by atoms with Gasteiger partial charge in [-0.05, 0) is 55.3 Å². The van der Waals surface area contributed by atoms with Gasteiger partial charge in [0.05, 0.1) is 0 Å². The molecule has 0 saturated heterocycles. The molecule has 0 saturated carbocycles. The molecular weight excluding hydrogens is 497 g/mol. The molecule has 0 aliphatic rings. The molecule has 0 amide bonds. The summed E-state index contributed by atoms with van der Waals surface area (Å²) in [6, 6.07) is 33.4. The quantitative estimate of drug-likeness (QED) is 0.217. The van der Waals surface area contributed by atoms with Gasteiger partial charge in [-0.2, -0.15) is 0 Å². The predicted molar refractivity (Wildman–Crippen MR) is 152 cm³/mol. The molecule has 7 heteroatoms. The highest BCUT2D eigenvalue weighted by Gasteiger charge is 2.28.